The van der Waals surface area contributed by atoms with Crippen LogP contribution in [0.5, 0.6) is 0 Å². The molecule has 0 aromatic heterocycles. The first kappa shape index (κ1) is 11.9. The minimum absolute atomic E-state index is 0.144. The van der Waals surface area contributed by atoms with Crippen LogP contribution in [-0.2, 0) is 0 Å². The first-order valence-corrected chi connectivity index (χ1v) is 5.83. The molecule has 1 aliphatic heterocycles. The Balaban J connectivity index is 2.17. The van der Waals surface area contributed by atoms with Crippen molar-refractivity contribution in [2.24, 2.45) is 11.7 Å². The van der Waals surface area contributed by atoms with E-state index in [4.69, 9.17) is 5.73 Å². The number of nitrogens with zero attached hydrogens (tertiary/aromatic N) is 2. The molecule has 2 atom stereocenters. The summed E-state index contributed by atoms with van der Waals surface area (Å²) in [6, 6.07) is 7.03. The predicted octanol–water partition coefficient (Wildman–Crippen LogP) is 1.77. The van der Waals surface area contributed by atoms with Gasteiger partial charge in [0.1, 0.15) is 0 Å². The zero-order valence-corrected chi connectivity index (χ0v) is 9.87. The van der Waals surface area contributed by atoms with Crippen molar-refractivity contribution in [2.45, 2.75) is 19.4 Å². The van der Waals surface area contributed by atoms with E-state index >= 15 is 0 Å². The third kappa shape index (κ3) is 2.55. The summed E-state index contributed by atoms with van der Waals surface area (Å²) in [5.74, 6) is 0.419. The summed E-state index contributed by atoms with van der Waals surface area (Å²) in [6.07, 6.45) is 0.934. The third-order valence-electron chi connectivity index (χ3n) is 3.38. The SMILES string of the molecule is CC1CN(c2cccc([N+](=O)[O-])c2)CCC1N. The average Bonchev–Trinajstić information content (AvgIpc) is 2.33. The van der Waals surface area contributed by atoms with E-state index in [0.29, 0.717) is 5.92 Å². The van der Waals surface area contributed by atoms with Gasteiger partial charge in [-0.15, -0.1) is 0 Å². The van der Waals surface area contributed by atoms with Gasteiger partial charge >= 0.3 is 0 Å². The maximum Gasteiger partial charge on any atom is 0.271 e. The van der Waals surface area contributed by atoms with E-state index in [1.54, 1.807) is 12.1 Å². The minimum atomic E-state index is -0.359. The minimum Gasteiger partial charge on any atom is -0.371 e. The second kappa shape index (κ2) is 4.71. The predicted molar refractivity (Wildman–Crippen MR) is 67.1 cm³/mol. The van der Waals surface area contributed by atoms with Gasteiger partial charge in [-0.3, -0.25) is 10.1 Å². The van der Waals surface area contributed by atoms with Crippen LogP contribution in [0.25, 0.3) is 0 Å². The third-order valence-corrected chi connectivity index (χ3v) is 3.38. The Hall–Kier alpha value is -1.62. The lowest BCUT2D eigenvalue weighted by molar-refractivity contribution is -0.384. The van der Waals surface area contributed by atoms with Gasteiger partial charge < -0.3 is 10.6 Å². The van der Waals surface area contributed by atoms with Crippen molar-refractivity contribution < 1.29 is 4.92 Å². The number of nitrogens with two attached hydrogens (primary N) is 1. The number of benzene rings is 1. The first-order valence-electron chi connectivity index (χ1n) is 5.83. The summed E-state index contributed by atoms with van der Waals surface area (Å²) in [4.78, 5) is 12.5. The summed E-state index contributed by atoms with van der Waals surface area (Å²) >= 11 is 0. The zero-order chi connectivity index (χ0) is 12.4. The van der Waals surface area contributed by atoms with Gasteiger partial charge in [0.25, 0.3) is 5.69 Å². The van der Waals surface area contributed by atoms with E-state index in [9.17, 15) is 10.1 Å². The Morgan fingerprint density at radius 2 is 2.29 bits per heavy atom. The number of hydrogen-bond acceptors (Lipinski definition) is 4. The molecule has 2 rings (SSSR count). The molecule has 0 amide bonds. The standard InChI is InChI=1S/C12H17N3O2/c1-9-8-14(6-5-12(9)13)10-3-2-4-11(7-10)15(16)17/h2-4,7,9,12H,5-6,8,13H2,1H3. The van der Waals surface area contributed by atoms with Crippen LogP contribution in [0.3, 0.4) is 0 Å². The molecule has 1 fully saturated rings. The Kier molecular flexibility index (Phi) is 3.28. The largest absolute Gasteiger partial charge is 0.371 e. The number of nitro benzene ring substituents is 1. The van der Waals surface area contributed by atoms with Crippen molar-refractivity contribution in [3.63, 3.8) is 0 Å². The van der Waals surface area contributed by atoms with E-state index in [1.165, 1.54) is 6.07 Å². The second-order valence-corrected chi connectivity index (χ2v) is 4.65. The smallest absolute Gasteiger partial charge is 0.271 e. The normalized spacial score (nSPS) is 24.7. The van der Waals surface area contributed by atoms with Crippen LogP contribution in [0.15, 0.2) is 24.3 Å². The Morgan fingerprint density at radius 1 is 1.53 bits per heavy atom. The monoisotopic (exact) mass is 235 g/mol. The van der Waals surface area contributed by atoms with Crippen LogP contribution in [0.2, 0.25) is 0 Å². The highest BCUT2D eigenvalue weighted by molar-refractivity contribution is 5.53. The van der Waals surface area contributed by atoms with Gasteiger partial charge in [0.15, 0.2) is 0 Å². The van der Waals surface area contributed by atoms with E-state index in [-0.39, 0.29) is 16.7 Å². The highest BCUT2D eigenvalue weighted by Crippen LogP contribution is 2.25. The Bertz CT molecular complexity index is 422. The van der Waals surface area contributed by atoms with E-state index in [0.717, 1.165) is 25.2 Å². The molecule has 1 aliphatic rings. The van der Waals surface area contributed by atoms with Gasteiger partial charge in [-0.25, -0.2) is 0 Å². The Morgan fingerprint density at radius 3 is 2.94 bits per heavy atom. The fourth-order valence-electron chi connectivity index (χ4n) is 2.20. The van der Waals surface area contributed by atoms with Crippen LogP contribution in [0, 0.1) is 16.0 Å². The highest BCUT2D eigenvalue weighted by atomic mass is 16.6. The fraction of sp³-hybridized carbons (Fsp3) is 0.500. The number of hydrogen-bond donors (Lipinski definition) is 1. The topological polar surface area (TPSA) is 72.4 Å². The van der Waals surface area contributed by atoms with E-state index < -0.39 is 0 Å². The maximum atomic E-state index is 10.7. The molecule has 17 heavy (non-hydrogen) atoms. The van der Waals surface area contributed by atoms with Crippen molar-refractivity contribution in [1.82, 2.24) is 0 Å². The van der Waals surface area contributed by atoms with E-state index in [2.05, 4.69) is 11.8 Å². The van der Waals surface area contributed by atoms with Gasteiger partial charge in [0.05, 0.1) is 4.92 Å². The molecular weight excluding hydrogens is 218 g/mol. The molecular formula is C12H17N3O2. The Labute approximate surface area is 100 Å². The van der Waals surface area contributed by atoms with Crippen molar-refractivity contribution in [2.75, 3.05) is 18.0 Å². The number of non-ortho nitro benzene ring substituents is 1. The molecule has 1 aromatic carbocycles. The number of piperidine rings is 1. The molecule has 0 saturated carbocycles. The summed E-state index contributed by atoms with van der Waals surface area (Å²) in [5.41, 5.74) is 7.02. The first-order chi connectivity index (χ1) is 8.08. The summed E-state index contributed by atoms with van der Waals surface area (Å²) < 4.78 is 0. The van der Waals surface area contributed by atoms with E-state index in [1.807, 2.05) is 6.07 Å². The van der Waals surface area contributed by atoms with Crippen molar-refractivity contribution in [3.8, 4) is 0 Å². The molecule has 0 radical (unpaired) electrons. The zero-order valence-electron chi connectivity index (χ0n) is 9.87. The molecule has 2 N–H and O–H groups in total. The van der Waals surface area contributed by atoms with Crippen LogP contribution in [-0.4, -0.2) is 24.1 Å². The molecule has 0 spiro atoms. The lowest BCUT2D eigenvalue weighted by Gasteiger charge is -2.36. The average molecular weight is 235 g/mol. The lowest BCUT2D eigenvalue weighted by atomic mass is 9.94. The van der Waals surface area contributed by atoms with Crippen LogP contribution >= 0.6 is 0 Å². The number of anilines is 1. The van der Waals surface area contributed by atoms with Crippen molar-refractivity contribution >= 4 is 11.4 Å². The van der Waals surface area contributed by atoms with Gasteiger partial charge in [-0.1, -0.05) is 13.0 Å². The lowest BCUT2D eigenvalue weighted by Crippen LogP contribution is -2.45. The molecule has 2 unspecified atom stereocenters. The van der Waals surface area contributed by atoms with Gasteiger partial charge in [0, 0.05) is 37.0 Å². The number of nitro groups is 1. The number of rotatable bonds is 2. The molecule has 1 heterocycles. The molecule has 5 heteroatoms. The summed E-state index contributed by atoms with van der Waals surface area (Å²) in [6.45, 7) is 3.85. The van der Waals surface area contributed by atoms with Crippen molar-refractivity contribution in [3.05, 3.63) is 34.4 Å². The molecule has 0 aliphatic carbocycles. The molecule has 5 nitrogen and oxygen atoms in total. The highest BCUT2D eigenvalue weighted by Gasteiger charge is 2.23. The molecule has 92 valence electrons. The summed E-state index contributed by atoms with van der Waals surface area (Å²) in [5, 5.41) is 10.7. The van der Waals surface area contributed by atoms with Gasteiger partial charge in [-0.2, -0.15) is 0 Å². The fourth-order valence-corrected chi connectivity index (χ4v) is 2.20. The summed E-state index contributed by atoms with van der Waals surface area (Å²) in [7, 11) is 0. The quantitative estimate of drug-likeness (QED) is 0.626. The molecule has 1 aromatic rings. The molecule has 0 bridgehead atoms. The van der Waals surface area contributed by atoms with Crippen LogP contribution in [0.1, 0.15) is 13.3 Å². The maximum absolute atomic E-state index is 10.7. The van der Waals surface area contributed by atoms with Gasteiger partial charge in [-0.05, 0) is 18.4 Å². The second-order valence-electron chi connectivity index (χ2n) is 4.65. The molecule has 1 saturated heterocycles. The van der Waals surface area contributed by atoms with Crippen molar-refractivity contribution in [1.29, 1.82) is 0 Å². The van der Waals surface area contributed by atoms with Gasteiger partial charge in [0.2, 0.25) is 0 Å². The van der Waals surface area contributed by atoms with Crippen LogP contribution < -0.4 is 10.6 Å². The van der Waals surface area contributed by atoms with Crippen LogP contribution in [0.4, 0.5) is 11.4 Å².